The second-order valence-electron chi connectivity index (χ2n) is 6.76. The number of nitrogens with zero attached hydrogens (tertiary/aromatic N) is 2. The second-order valence-corrected chi connectivity index (χ2v) is 6.76. The number of aryl methyl sites for hydroxylation is 3. The second kappa shape index (κ2) is 12.7. The molecule has 1 aromatic carbocycles. The Bertz CT molecular complexity index is 808. The molecule has 0 amide bonds. The molecule has 30 heavy (non-hydrogen) atoms. The van der Waals surface area contributed by atoms with Crippen LogP contribution in [0.1, 0.15) is 35.7 Å². The maximum Gasteiger partial charge on any atom is 0.422 e. The van der Waals surface area contributed by atoms with Crippen LogP contribution in [-0.2, 0) is 13.0 Å². The lowest BCUT2D eigenvalue weighted by molar-refractivity contribution is -0.153. The summed E-state index contributed by atoms with van der Waals surface area (Å²) in [5, 5.41) is 13.3. The first-order valence-corrected chi connectivity index (χ1v) is 9.58. The fourth-order valence-electron chi connectivity index (χ4n) is 2.71. The molecule has 1 aromatic heterocycles. The summed E-state index contributed by atoms with van der Waals surface area (Å²) in [5.74, 6) is 0.816. The molecule has 0 unspecified atom stereocenters. The van der Waals surface area contributed by atoms with Gasteiger partial charge in [-0.25, -0.2) is 4.99 Å². The molecule has 0 saturated carbocycles. The summed E-state index contributed by atoms with van der Waals surface area (Å²) in [6, 6.07) is 5.18. The van der Waals surface area contributed by atoms with E-state index in [1.807, 2.05) is 26.1 Å². The largest absolute Gasteiger partial charge is 0.484 e. The van der Waals surface area contributed by atoms with E-state index in [-0.39, 0.29) is 36.3 Å². The number of alkyl halides is 3. The maximum atomic E-state index is 12.5. The highest BCUT2D eigenvalue weighted by Crippen LogP contribution is 2.24. The molecule has 10 heteroatoms. The lowest BCUT2D eigenvalue weighted by Crippen LogP contribution is -2.37. The van der Waals surface area contributed by atoms with E-state index in [0.717, 1.165) is 24.1 Å². The topological polar surface area (TPSA) is 74.3 Å². The molecular weight excluding hydrogens is 510 g/mol. The van der Waals surface area contributed by atoms with Crippen LogP contribution in [0.4, 0.5) is 13.2 Å². The first-order valence-electron chi connectivity index (χ1n) is 9.58. The molecular formula is C20H29F3IN5O. The predicted octanol–water partition coefficient (Wildman–Crippen LogP) is 4.27. The Morgan fingerprint density at radius 1 is 1.20 bits per heavy atom. The zero-order valence-electron chi connectivity index (χ0n) is 17.4. The van der Waals surface area contributed by atoms with Crippen LogP contribution in [0.5, 0.6) is 5.75 Å². The number of halogens is 4. The van der Waals surface area contributed by atoms with E-state index in [4.69, 9.17) is 4.74 Å². The zero-order valence-corrected chi connectivity index (χ0v) is 19.7. The third kappa shape index (κ3) is 9.23. The molecule has 0 aliphatic heterocycles. The van der Waals surface area contributed by atoms with Gasteiger partial charge in [0.15, 0.2) is 12.6 Å². The number of aromatic nitrogens is 2. The van der Waals surface area contributed by atoms with Crippen molar-refractivity contribution in [2.75, 3.05) is 19.7 Å². The molecule has 2 aromatic rings. The van der Waals surface area contributed by atoms with Gasteiger partial charge < -0.3 is 15.4 Å². The number of nitrogens with one attached hydrogen (secondary N) is 3. The fourth-order valence-corrected chi connectivity index (χ4v) is 2.71. The van der Waals surface area contributed by atoms with E-state index < -0.39 is 12.8 Å². The Morgan fingerprint density at radius 2 is 1.97 bits per heavy atom. The summed E-state index contributed by atoms with van der Waals surface area (Å²) in [6.07, 6.45) is -0.764. The number of aromatic amines is 1. The lowest BCUT2D eigenvalue weighted by Gasteiger charge is -2.14. The Balaban J connectivity index is 0.00000450. The molecule has 168 valence electrons. The van der Waals surface area contributed by atoms with Crippen LogP contribution in [0.15, 0.2) is 29.4 Å². The van der Waals surface area contributed by atoms with Gasteiger partial charge in [0.2, 0.25) is 0 Å². The van der Waals surface area contributed by atoms with Crippen molar-refractivity contribution in [3.05, 3.63) is 46.8 Å². The van der Waals surface area contributed by atoms with Gasteiger partial charge in [-0.2, -0.15) is 18.3 Å². The molecule has 0 saturated heterocycles. The number of H-pyrrole nitrogens is 1. The summed E-state index contributed by atoms with van der Waals surface area (Å²) < 4.78 is 42.5. The Morgan fingerprint density at radius 3 is 2.60 bits per heavy atom. The highest BCUT2D eigenvalue weighted by molar-refractivity contribution is 14.0. The number of hydrogen-bond donors (Lipinski definition) is 3. The molecule has 0 fully saturated rings. The van der Waals surface area contributed by atoms with Crippen LogP contribution in [0.25, 0.3) is 0 Å². The van der Waals surface area contributed by atoms with Gasteiger partial charge >= 0.3 is 6.18 Å². The molecule has 0 atom stereocenters. The van der Waals surface area contributed by atoms with Crippen molar-refractivity contribution in [2.24, 2.45) is 4.99 Å². The Labute approximate surface area is 192 Å². The maximum absolute atomic E-state index is 12.5. The summed E-state index contributed by atoms with van der Waals surface area (Å²) in [5.41, 5.74) is 3.68. The van der Waals surface area contributed by atoms with E-state index >= 15 is 0 Å². The smallest absolute Gasteiger partial charge is 0.422 e. The Kier molecular flexibility index (Phi) is 11.0. The number of rotatable bonds is 9. The Hall–Kier alpha value is -1.98. The normalized spacial score (nSPS) is 11.7. The number of hydrogen-bond acceptors (Lipinski definition) is 3. The molecule has 2 rings (SSSR count). The van der Waals surface area contributed by atoms with E-state index in [2.05, 4.69) is 25.8 Å². The third-order valence-electron chi connectivity index (χ3n) is 4.22. The van der Waals surface area contributed by atoms with Crippen molar-refractivity contribution >= 4 is 29.9 Å². The van der Waals surface area contributed by atoms with Crippen molar-refractivity contribution < 1.29 is 17.9 Å². The number of benzene rings is 1. The van der Waals surface area contributed by atoms with E-state index in [1.54, 1.807) is 19.1 Å². The summed E-state index contributed by atoms with van der Waals surface area (Å²) >= 11 is 0. The van der Waals surface area contributed by atoms with Gasteiger partial charge in [0, 0.05) is 24.3 Å². The minimum atomic E-state index is -4.38. The summed E-state index contributed by atoms with van der Waals surface area (Å²) in [7, 11) is 0. The summed E-state index contributed by atoms with van der Waals surface area (Å²) in [6.45, 7) is 6.03. The molecule has 0 aliphatic carbocycles. The van der Waals surface area contributed by atoms with Gasteiger partial charge in [-0.3, -0.25) is 5.10 Å². The summed E-state index contributed by atoms with van der Waals surface area (Å²) in [4.78, 5) is 4.49. The zero-order chi connectivity index (χ0) is 21.3. The van der Waals surface area contributed by atoms with E-state index in [0.29, 0.717) is 24.6 Å². The van der Waals surface area contributed by atoms with Crippen LogP contribution in [0.2, 0.25) is 0 Å². The highest BCUT2D eigenvalue weighted by Gasteiger charge is 2.28. The number of aliphatic imine (C=N–C) groups is 1. The molecule has 0 bridgehead atoms. The van der Waals surface area contributed by atoms with Crippen LogP contribution >= 0.6 is 24.0 Å². The van der Waals surface area contributed by atoms with E-state index in [1.165, 1.54) is 5.56 Å². The van der Waals surface area contributed by atoms with Gasteiger partial charge in [-0.15, -0.1) is 24.0 Å². The van der Waals surface area contributed by atoms with Gasteiger partial charge in [0.25, 0.3) is 0 Å². The molecule has 0 radical (unpaired) electrons. The van der Waals surface area contributed by atoms with Crippen molar-refractivity contribution in [3.63, 3.8) is 0 Å². The van der Waals surface area contributed by atoms with Crippen LogP contribution in [-0.4, -0.2) is 42.0 Å². The molecule has 6 nitrogen and oxygen atoms in total. The molecule has 0 aliphatic rings. The average Bonchev–Trinajstić information content (AvgIpc) is 3.06. The minimum Gasteiger partial charge on any atom is -0.484 e. The SMILES string of the molecule is CCNC(=NCc1ccc(C)cc1OCC(F)(F)F)NCCCc1cn[nH]c1C.I. The first-order chi connectivity index (χ1) is 13.8. The first kappa shape index (κ1) is 26.1. The number of ether oxygens (including phenoxy) is 1. The predicted molar refractivity (Wildman–Crippen MR) is 123 cm³/mol. The van der Waals surface area contributed by atoms with Crippen LogP contribution in [0, 0.1) is 13.8 Å². The average molecular weight is 539 g/mol. The van der Waals surface area contributed by atoms with Gasteiger partial charge in [0.1, 0.15) is 5.75 Å². The van der Waals surface area contributed by atoms with Gasteiger partial charge in [0.05, 0.1) is 12.7 Å². The standard InChI is InChI=1S/C20H28F3N5O.HI/c1-4-24-19(25-9-5-6-16-12-27-28-15(16)3)26-11-17-8-7-14(2)10-18(17)29-13-20(21,22)23;/h7-8,10,12H,4-6,9,11,13H2,1-3H3,(H,27,28)(H2,24,25,26);1H. The minimum absolute atomic E-state index is 0. The quantitative estimate of drug-likeness (QED) is 0.193. The lowest BCUT2D eigenvalue weighted by atomic mass is 10.1. The van der Waals surface area contributed by atoms with Gasteiger partial charge in [-0.1, -0.05) is 12.1 Å². The molecule has 3 N–H and O–H groups in total. The highest BCUT2D eigenvalue weighted by atomic mass is 127. The van der Waals surface area contributed by atoms with Crippen molar-refractivity contribution in [2.45, 2.75) is 46.3 Å². The van der Waals surface area contributed by atoms with Crippen molar-refractivity contribution in [3.8, 4) is 5.75 Å². The van der Waals surface area contributed by atoms with Crippen molar-refractivity contribution in [1.82, 2.24) is 20.8 Å². The number of guanidine groups is 1. The monoisotopic (exact) mass is 539 g/mol. The van der Waals surface area contributed by atoms with Crippen LogP contribution in [0.3, 0.4) is 0 Å². The van der Waals surface area contributed by atoms with Gasteiger partial charge in [-0.05, 0) is 50.8 Å². The molecule has 1 heterocycles. The fraction of sp³-hybridized carbons (Fsp3) is 0.500. The van der Waals surface area contributed by atoms with Crippen molar-refractivity contribution in [1.29, 1.82) is 0 Å². The van der Waals surface area contributed by atoms with Crippen LogP contribution < -0.4 is 15.4 Å². The van der Waals surface area contributed by atoms with E-state index in [9.17, 15) is 13.2 Å². The molecule has 0 spiro atoms. The third-order valence-corrected chi connectivity index (χ3v) is 4.22.